The van der Waals surface area contributed by atoms with Gasteiger partial charge in [0.1, 0.15) is 11.3 Å². The number of benzene rings is 1. The van der Waals surface area contributed by atoms with E-state index < -0.39 is 0 Å². The third kappa shape index (κ3) is 2.92. The lowest BCUT2D eigenvalue weighted by Gasteiger charge is -2.21. The number of hydrogen-bond acceptors (Lipinski definition) is 5. The zero-order chi connectivity index (χ0) is 15.7. The smallest absolute Gasteiger partial charge is 0.145 e. The van der Waals surface area contributed by atoms with E-state index >= 15 is 0 Å². The SMILES string of the molecule is COc1cccc2ccc(CN3C[C@@H](O)[C@H](N(C)C)C3)nc12. The summed E-state index contributed by atoms with van der Waals surface area (Å²) < 4.78 is 5.40. The second kappa shape index (κ2) is 6.20. The number of nitrogens with zero attached hydrogens (tertiary/aromatic N) is 3. The van der Waals surface area contributed by atoms with Crippen molar-refractivity contribution in [3.8, 4) is 5.75 Å². The van der Waals surface area contributed by atoms with Crippen LogP contribution in [0.2, 0.25) is 0 Å². The fourth-order valence-corrected chi connectivity index (χ4v) is 3.13. The Hall–Kier alpha value is -1.69. The molecule has 0 bridgehead atoms. The van der Waals surface area contributed by atoms with Gasteiger partial charge in [0, 0.05) is 31.1 Å². The molecule has 1 saturated heterocycles. The van der Waals surface area contributed by atoms with Crippen molar-refractivity contribution in [2.45, 2.75) is 18.7 Å². The number of aliphatic hydroxyl groups excluding tert-OH is 1. The summed E-state index contributed by atoms with van der Waals surface area (Å²) in [6.07, 6.45) is -0.301. The van der Waals surface area contributed by atoms with Crippen molar-refractivity contribution < 1.29 is 9.84 Å². The van der Waals surface area contributed by atoms with Crippen LogP contribution in [0.5, 0.6) is 5.75 Å². The highest BCUT2D eigenvalue weighted by Gasteiger charge is 2.32. The molecular weight excluding hydrogens is 278 g/mol. The minimum Gasteiger partial charge on any atom is -0.494 e. The highest BCUT2D eigenvalue weighted by atomic mass is 16.5. The maximum Gasteiger partial charge on any atom is 0.145 e. The molecule has 0 aliphatic carbocycles. The molecule has 0 unspecified atom stereocenters. The average Bonchev–Trinajstić information content (AvgIpc) is 2.87. The molecule has 1 aliphatic rings. The largest absolute Gasteiger partial charge is 0.494 e. The number of β-amino-alcohol motifs (C(OH)–C–C–N with tert-alkyl or cyclic N) is 1. The summed E-state index contributed by atoms with van der Waals surface area (Å²) in [6.45, 7) is 2.30. The standard InChI is InChI=1S/C17H23N3O2/c1-19(2)14-10-20(11-15(14)21)9-13-8-7-12-5-4-6-16(22-3)17(12)18-13/h4-8,14-15,21H,9-11H2,1-3H3/t14-,15-/m1/s1. The number of hydrogen-bond donors (Lipinski definition) is 1. The molecule has 2 heterocycles. The van der Waals surface area contributed by atoms with E-state index in [9.17, 15) is 5.11 Å². The van der Waals surface area contributed by atoms with Crippen molar-refractivity contribution in [1.82, 2.24) is 14.8 Å². The molecule has 5 heteroatoms. The van der Waals surface area contributed by atoms with Gasteiger partial charge in [-0.25, -0.2) is 4.98 Å². The highest BCUT2D eigenvalue weighted by Crippen LogP contribution is 2.24. The first kappa shape index (κ1) is 15.2. The van der Waals surface area contributed by atoms with Crippen molar-refractivity contribution in [3.63, 3.8) is 0 Å². The van der Waals surface area contributed by atoms with E-state index in [1.807, 2.05) is 32.3 Å². The second-order valence-corrected chi connectivity index (χ2v) is 6.13. The summed E-state index contributed by atoms with van der Waals surface area (Å²) in [5, 5.41) is 11.2. The minimum absolute atomic E-state index is 0.190. The number of ether oxygens (including phenoxy) is 1. The second-order valence-electron chi connectivity index (χ2n) is 6.13. The van der Waals surface area contributed by atoms with E-state index in [-0.39, 0.29) is 12.1 Å². The topological polar surface area (TPSA) is 48.8 Å². The maximum absolute atomic E-state index is 10.1. The predicted octanol–water partition coefficient (Wildman–Crippen LogP) is 1.35. The van der Waals surface area contributed by atoms with Crippen molar-refractivity contribution in [2.24, 2.45) is 0 Å². The number of likely N-dealkylation sites (N-methyl/N-ethyl adjacent to an activating group) is 1. The van der Waals surface area contributed by atoms with Gasteiger partial charge in [0.15, 0.2) is 0 Å². The Labute approximate surface area is 131 Å². The van der Waals surface area contributed by atoms with Gasteiger partial charge in [0.2, 0.25) is 0 Å². The monoisotopic (exact) mass is 301 g/mol. The van der Waals surface area contributed by atoms with Gasteiger partial charge < -0.3 is 14.7 Å². The summed E-state index contributed by atoms with van der Waals surface area (Å²) in [4.78, 5) is 9.08. The van der Waals surface area contributed by atoms with E-state index in [0.29, 0.717) is 6.54 Å². The summed E-state index contributed by atoms with van der Waals surface area (Å²) in [5.41, 5.74) is 1.90. The number of likely N-dealkylation sites (tertiary alicyclic amines) is 1. The van der Waals surface area contributed by atoms with E-state index in [0.717, 1.165) is 35.4 Å². The first-order valence-corrected chi connectivity index (χ1v) is 7.58. The van der Waals surface area contributed by atoms with Crippen LogP contribution in [0.25, 0.3) is 10.9 Å². The van der Waals surface area contributed by atoms with Crippen LogP contribution in [0.15, 0.2) is 30.3 Å². The van der Waals surface area contributed by atoms with E-state index in [1.165, 1.54) is 0 Å². The lowest BCUT2D eigenvalue weighted by molar-refractivity contribution is 0.112. The van der Waals surface area contributed by atoms with Crippen LogP contribution in [0.4, 0.5) is 0 Å². The van der Waals surface area contributed by atoms with Gasteiger partial charge in [0.05, 0.1) is 18.9 Å². The molecule has 5 nitrogen and oxygen atoms in total. The summed E-state index contributed by atoms with van der Waals surface area (Å²) in [5.74, 6) is 0.798. The van der Waals surface area contributed by atoms with E-state index in [4.69, 9.17) is 9.72 Å². The Morgan fingerprint density at radius 2 is 2.09 bits per heavy atom. The molecule has 1 aliphatic heterocycles. The fourth-order valence-electron chi connectivity index (χ4n) is 3.13. The molecule has 1 aromatic carbocycles. The number of fused-ring (bicyclic) bond motifs is 1. The van der Waals surface area contributed by atoms with Gasteiger partial charge in [-0.15, -0.1) is 0 Å². The normalized spacial score (nSPS) is 22.6. The lowest BCUT2D eigenvalue weighted by Crippen LogP contribution is -2.37. The van der Waals surface area contributed by atoms with Gasteiger partial charge in [-0.2, -0.15) is 0 Å². The van der Waals surface area contributed by atoms with Gasteiger partial charge in [-0.3, -0.25) is 4.90 Å². The molecule has 2 atom stereocenters. The Morgan fingerprint density at radius 1 is 1.27 bits per heavy atom. The number of pyridine rings is 1. The van der Waals surface area contributed by atoms with Crippen molar-refractivity contribution >= 4 is 10.9 Å². The number of methoxy groups -OCH3 is 1. The molecule has 0 amide bonds. The third-order valence-corrected chi connectivity index (χ3v) is 4.34. The van der Waals surface area contributed by atoms with Crippen LogP contribution in [0, 0.1) is 0 Å². The van der Waals surface area contributed by atoms with Crippen molar-refractivity contribution in [1.29, 1.82) is 0 Å². The average molecular weight is 301 g/mol. The molecule has 2 aromatic rings. The molecule has 0 radical (unpaired) electrons. The minimum atomic E-state index is -0.301. The third-order valence-electron chi connectivity index (χ3n) is 4.34. The molecule has 22 heavy (non-hydrogen) atoms. The van der Waals surface area contributed by atoms with Crippen LogP contribution >= 0.6 is 0 Å². The molecule has 3 rings (SSSR count). The lowest BCUT2D eigenvalue weighted by atomic mass is 10.2. The molecule has 118 valence electrons. The first-order valence-electron chi connectivity index (χ1n) is 7.58. The Balaban J connectivity index is 1.80. The van der Waals surface area contributed by atoms with Gasteiger partial charge in [-0.1, -0.05) is 18.2 Å². The Morgan fingerprint density at radius 3 is 2.77 bits per heavy atom. The number of aliphatic hydroxyl groups is 1. The van der Waals surface area contributed by atoms with Crippen LogP contribution in [-0.4, -0.2) is 66.3 Å². The molecule has 0 spiro atoms. The summed E-state index contributed by atoms with van der Waals surface area (Å²) in [7, 11) is 5.69. The maximum atomic E-state index is 10.1. The number of aromatic nitrogens is 1. The molecule has 1 fully saturated rings. The predicted molar refractivity (Wildman–Crippen MR) is 87.1 cm³/mol. The van der Waals surface area contributed by atoms with Crippen LogP contribution in [-0.2, 0) is 6.54 Å². The van der Waals surface area contributed by atoms with Gasteiger partial charge >= 0.3 is 0 Å². The summed E-state index contributed by atoms with van der Waals surface area (Å²) in [6, 6.07) is 10.3. The van der Waals surface area contributed by atoms with Crippen LogP contribution in [0.1, 0.15) is 5.69 Å². The quantitative estimate of drug-likeness (QED) is 0.924. The summed E-state index contributed by atoms with van der Waals surface area (Å²) >= 11 is 0. The molecule has 0 saturated carbocycles. The molecule has 1 aromatic heterocycles. The van der Waals surface area contributed by atoms with Crippen LogP contribution in [0.3, 0.4) is 0 Å². The molecule has 1 N–H and O–H groups in total. The Kier molecular flexibility index (Phi) is 4.29. The van der Waals surface area contributed by atoms with E-state index in [2.05, 4.69) is 21.9 Å². The van der Waals surface area contributed by atoms with Gasteiger partial charge in [0.25, 0.3) is 0 Å². The van der Waals surface area contributed by atoms with E-state index in [1.54, 1.807) is 7.11 Å². The van der Waals surface area contributed by atoms with Crippen molar-refractivity contribution in [2.75, 3.05) is 34.3 Å². The van der Waals surface area contributed by atoms with Crippen molar-refractivity contribution in [3.05, 3.63) is 36.0 Å². The Bertz CT molecular complexity index is 659. The highest BCUT2D eigenvalue weighted by molar-refractivity contribution is 5.84. The first-order chi connectivity index (χ1) is 10.6. The molecular formula is C17H23N3O2. The number of rotatable bonds is 4. The zero-order valence-electron chi connectivity index (χ0n) is 13.4. The fraction of sp³-hybridized carbons (Fsp3) is 0.471. The van der Waals surface area contributed by atoms with Gasteiger partial charge in [-0.05, 0) is 26.2 Å². The number of para-hydroxylation sites is 1. The van der Waals surface area contributed by atoms with Crippen LogP contribution < -0.4 is 4.74 Å². The zero-order valence-corrected chi connectivity index (χ0v) is 13.4.